The van der Waals surface area contributed by atoms with Crippen molar-refractivity contribution in [1.29, 1.82) is 0 Å². The predicted octanol–water partition coefficient (Wildman–Crippen LogP) is 5.65. The Labute approximate surface area is 183 Å². The summed E-state index contributed by atoms with van der Waals surface area (Å²) in [5, 5.41) is 35.0. The van der Waals surface area contributed by atoms with Gasteiger partial charge in [0.25, 0.3) is 0 Å². The zero-order chi connectivity index (χ0) is 23.8. The van der Waals surface area contributed by atoms with E-state index in [4.69, 9.17) is 20.4 Å². The lowest BCUT2D eigenvalue weighted by atomic mass is 9.94. The zero-order valence-electron chi connectivity index (χ0n) is 21.6. The molecule has 3 atom stereocenters. The van der Waals surface area contributed by atoms with Crippen molar-refractivity contribution in [2.75, 3.05) is 6.61 Å². The summed E-state index contributed by atoms with van der Waals surface area (Å²) in [6.45, 7) is 22.8. The summed E-state index contributed by atoms with van der Waals surface area (Å²) in [5.74, 6) is 2.55. The number of hydrogen-bond acceptors (Lipinski definition) is 4. The molecule has 4 N–H and O–H groups in total. The highest BCUT2D eigenvalue weighted by Crippen LogP contribution is 2.51. The first-order valence-corrected chi connectivity index (χ1v) is 11.7. The van der Waals surface area contributed by atoms with Crippen LogP contribution in [0.1, 0.15) is 108 Å². The average molecular weight is 421 g/mol. The van der Waals surface area contributed by atoms with Gasteiger partial charge in [-0.25, -0.2) is 0 Å². The molecule has 0 aromatic rings. The molecular weight excluding hydrogens is 364 g/mol. The summed E-state index contributed by atoms with van der Waals surface area (Å²) >= 11 is 0. The molecule has 0 aromatic heterocycles. The Hall–Kier alpha value is -0.160. The second-order valence-corrected chi connectivity index (χ2v) is 10.6. The van der Waals surface area contributed by atoms with Gasteiger partial charge in [-0.15, -0.1) is 0 Å². The highest BCUT2D eigenvalue weighted by atomic mass is 16.3. The molecule has 4 nitrogen and oxygen atoms in total. The monoisotopic (exact) mass is 420 g/mol. The third-order valence-corrected chi connectivity index (χ3v) is 4.87. The fourth-order valence-electron chi connectivity index (χ4n) is 3.13. The molecule has 1 fully saturated rings. The molecule has 4 heteroatoms. The van der Waals surface area contributed by atoms with Crippen LogP contribution in [0.25, 0.3) is 0 Å². The van der Waals surface area contributed by atoms with E-state index in [1.807, 2.05) is 20.8 Å². The van der Waals surface area contributed by atoms with E-state index in [1.54, 1.807) is 0 Å². The van der Waals surface area contributed by atoms with Crippen LogP contribution in [0.5, 0.6) is 0 Å². The van der Waals surface area contributed by atoms with E-state index in [0.717, 1.165) is 19.3 Å². The van der Waals surface area contributed by atoms with Gasteiger partial charge in [-0.2, -0.15) is 0 Å². The molecule has 1 aliphatic rings. The molecule has 0 radical (unpaired) electrons. The Bertz CT molecular complexity index is 278. The fourth-order valence-corrected chi connectivity index (χ4v) is 3.13. The van der Waals surface area contributed by atoms with Gasteiger partial charge in [0.1, 0.15) is 0 Å². The van der Waals surface area contributed by atoms with E-state index in [2.05, 4.69) is 55.4 Å². The normalized spacial score (nSPS) is 17.5. The molecule has 0 saturated heterocycles. The van der Waals surface area contributed by atoms with Crippen molar-refractivity contribution in [3.8, 4) is 0 Å². The van der Waals surface area contributed by atoms with Gasteiger partial charge in [0.2, 0.25) is 0 Å². The van der Waals surface area contributed by atoms with Crippen LogP contribution in [0.2, 0.25) is 0 Å². The van der Waals surface area contributed by atoms with Crippen molar-refractivity contribution in [1.82, 2.24) is 0 Å². The van der Waals surface area contributed by atoms with Crippen molar-refractivity contribution in [2.24, 2.45) is 29.1 Å². The lowest BCUT2D eigenvalue weighted by Crippen LogP contribution is -2.13. The average Bonchev–Trinajstić information content (AvgIpc) is 3.25. The maximum atomic E-state index is 8.83. The summed E-state index contributed by atoms with van der Waals surface area (Å²) in [6, 6.07) is 0. The van der Waals surface area contributed by atoms with Crippen molar-refractivity contribution in [2.45, 2.75) is 127 Å². The largest absolute Gasteiger partial charge is 0.396 e. The van der Waals surface area contributed by atoms with Crippen molar-refractivity contribution in [3.63, 3.8) is 0 Å². The molecule has 0 spiro atoms. The molecule has 0 heterocycles. The van der Waals surface area contributed by atoms with E-state index in [9.17, 15) is 0 Å². The van der Waals surface area contributed by atoms with Gasteiger partial charge in [-0.3, -0.25) is 0 Å². The molecule has 1 aliphatic carbocycles. The van der Waals surface area contributed by atoms with Gasteiger partial charge in [0, 0.05) is 6.61 Å². The minimum Gasteiger partial charge on any atom is -0.396 e. The number of aliphatic hydroxyl groups is 4. The molecule has 0 aromatic carbocycles. The van der Waals surface area contributed by atoms with Gasteiger partial charge in [-0.1, -0.05) is 55.4 Å². The van der Waals surface area contributed by atoms with Gasteiger partial charge < -0.3 is 20.4 Å². The van der Waals surface area contributed by atoms with Crippen LogP contribution in [0.3, 0.4) is 0 Å². The molecular formula is C25H56O4. The standard InChI is InChI=1S/C7H14O.3C6H14O/c1-6(2)7(5-8)3-4-7;3*1-5(2)4-6(3)7/h6,8H,3-5H2,1-2H3;3*5-7H,4H2,1-3H3/t;2*6-;/m.10./s1. The molecule has 1 saturated carbocycles. The Morgan fingerprint density at radius 1 is 0.552 bits per heavy atom. The first kappa shape index (κ1) is 33.5. The van der Waals surface area contributed by atoms with Gasteiger partial charge in [0.15, 0.2) is 0 Å². The summed E-state index contributed by atoms with van der Waals surface area (Å²) < 4.78 is 0. The van der Waals surface area contributed by atoms with Crippen molar-refractivity contribution < 1.29 is 20.4 Å². The van der Waals surface area contributed by atoms with Gasteiger partial charge >= 0.3 is 0 Å². The van der Waals surface area contributed by atoms with E-state index in [-0.39, 0.29) is 18.3 Å². The Kier molecular flexibility index (Phi) is 21.5. The lowest BCUT2D eigenvalue weighted by molar-refractivity contribution is 0.167. The zero-order valence-corrected chi connectivity index (χ0v) is 21.6. The van der Waals surface area contributed by atoms with Crippen molar-refractivity contribution in [3.05, 3.63) is 0 Å². The van der Waals surface area contributed by atoms with Crippen LogP contribution in [0.4, 0.5) is 0 Å². The summed E-state index contributed by atoms with van der Waals surface area (Å²) in [4.78, 5) is 0. The van der Waals surface area contributed by atoms with E-state index in [1.165, 1.54) is 12.8 Å². The van der Waals surface area contributed by atoms with Crippen LogP contribution in [-0.4, -0.2) is 45.3 Å². The highest BCUT2D eigenvalue weighted by Gasteiger charge is 2.44. The molecule has 1 rings (SSSR count). The Balaban J connectivity index is -0.000000312. The van der Waals surface area contributed by atoms with Crippen molar-refractivity contribution >= 4 is 0 Å². The molecule has 29 heavy (non-hydrogen) atoms. The van der Waals surface area contributed by atoms with Crippen LogP contribution in [0.15, 0.2) is 0 Å². The van der Waals surface area contributed by atoms with Crippen LogP contribution in [-0.2, 0) is 0 Å². The van der Waals surface area contributed by atoms with Gasteiger partial charge in [-0.05, 0) is 82.0 Å². The third kappa shape index (κ3) is 27.8. The second-order valence-electron chi connectivity index (χ2n) is 10.6. The maximum absolute atomic E-state index is 8.83. The molecule has 0 aliphatic heterocycles. The summed E-state index contributed by atoms with van der Waals surface area (Å²) in [6.07, 6.45) is 4.85. The lowest BCUT2D eigenvalue weighted by Gasteiger charge is -2.14. The van der Waals surface area contributed by atoms with Gasteiger partial charge in [0.05, 0.1) is 18.3 Å². The quantitative estimate of drug-likeness (QED) is 0.409. The SMILES string of the molecule is CC(C)C1(CO)CC1.CC(C)CC(C)O.CC(C)C[C@@H](C)O.CC(C)C[C@H](C)O. The number of aliphatic hydroxyl groups excluding tert-OH is 4. The Morgan fingerprint density at radius 3 is 0.793 bits per heavy atom. The summed E-state index contributed by atoms with van der Waals surface area (Å²) in [7, 11) is 0. The minimum atomic E-state index is -0.125. The van der Waals surface area contributed by atoms with Crippen LogP contribution in [0, 0.1) is 29.1 Å². The van der Waals surface area contributed by atoms with E-state index in [0.29, 0.717) is 35.7 Å². The molecule has 0 bridgehead atoms. The first-order valence-electron chi connectivity index (χ1n) is 11.7. The van der Waals surface area contributed by atoms with Crippen LogP contribution < -0.4 is 0 Å². The van der Waals surface area contributed by atoms with Crippen LogP contribution >= 0.6 is 0 Å². The summed E-state index contributed by atoms with van der Waals surface area (Å²) in [5.41, 5.74) is 0.347. The number of hydrogen-bond donors (Lipinski definition) is 4. The topological polar surface area (TPSA) is 80.9 Å². The van der Waals surface area contributed by atoms with E-state index >= 15 is 0 Å². The third-order valence-electron chi connectivity index (χ3n) is 4.87. The number of rotatable bonds is 8. The fraction of sp³-hybridized carbons (Fsp3) is 1.00. The molecule has 180 valence electrons. The second kappa shape index (κ2) is 18.6. The maximum Gasteiger partial charge on any atom is 0.0514 e. The highest BCUT2D eigenvalue weighted by molar-refractivity contribution is 4.94. The molecule has 0 amide bonds. The van der Waals surface area contributed by atoms with E-state index < -0.39 is 0 Å². The molecule has 1 unspecified atom stereocenters. The minimum absolute atomic E-state index is 0.125. The first-order chi connectivity index (χ1) is 13.1. The Morgan fingerprint density at radius 2 is 0.793 bits per heavy atom. The predicted molar refractivity (Wildman–Crippen MR) is 127 cm³/mol. The smallest absolute Gasteiger partial charge is 0.0514 e.